The molecule has 0 bridgehead atoms. The summed E-state index contributed by atoms with van der Waals surface area (Å²) in [5.41, 5.74) is 6.70. The molecule has 1 heterocycles. The summed E-state index contributed by atoms with van der Waals surface area (Å²) in [6.07, 6.45) is 3.15. The molecule has 1 saturated heterocycles. The number of anilines is 1. The quantitative estimate of drug-likeness (QED) is 0.683. The number of unbranched alkanes of at least 4 members (excludes halogenated alkanes) is 1. The van der Waals surface area contributed by atoms with E-state index in [1.807, 2.05) is 0 Å². The van der Waals surface area contributed by atoms with Crippen molar-refractivity contribution in [2.24, 2.45) is 0 Å². The van der Waals surface area contributed by atoms with E-state index in [9.17, 15) is 9.18 Å². The zero-order valence-electron chi connectivity index (χ0n) is 12.5. The number of rotatable bonds is 4. The van der Waals surface area contributed by atoms with E-state index in [0.29, 0.717) is 30.9 Å². The Hall–Kier alpha value is -1.78. The van der Waals surface area contributed by atoms with E-state index in [1.165, 1.54) is 6.07 Å². The fourth-order valence-corrected chi connectivity index (χ4v) is 2.64. The highest BCUT2D eigenvalue weighted by atomic mass is 19.1. The lowest BCUT2D eigenvalue weighted by Crippen LogP contribution is -2.38. The molecule has 0 unspecified atom stereocenters. The lowest BCUT2D eigenvalue weighted by Gasteiger charge is -2.31. The Balaban J connectivity index is 1.86. The van der Waals surface area contributed by atoms with Gasteiger partial charge in [-0.05, 0) is 42.9 Å². The van der Waals surface area contributed by atoms with Crippen LogP contribution in [0.4, 0.5) is 14.9 Å². The van der Waals surface area contributed by atoms with Gasteiger partial charge < -0.3 is 15.4 Å². The van der Waals surface area contributed by atoms with Crippen LogP contribution in [0.3, 0.4) is 0 Å². The van der Waals surface area contributed by atoms with Gasteiger partial charge in [0.1, 0.15) is 5.82 Å². The molecule has 1 aliphatic heterocycles. The molecule has 0 atom stereocenters. The summed E-state index contributed by atoms with van der Waals surface area (Å²) in [5, 5.41) is 0. The van der Waals surface area contributed by atoms with Crippen LogP contribution in [0.2, 0.25) is 0 Å². The molecule has 21 heavy (non-hydrogen) atoms. The number of benzene rings is 1. The first kappa shape index (κ1) is 15.6. The van der Waals surface area contributed by atoms with E-state index >= 15 is 0 Å². The zero-order valence-corrected chi connectivity index (χ0v) is 12.5. The summed E-state index contributed by atoms with van der Waals surface area (Å²) in [5.74, 6) is -0.107. The molecular weight excluding hydrogens is 271 g/mol. The maximum Gasteiger partial charge on any atom is 0.409 e. The van der Waals surface area contributed by atoms with Crippen LogP contribution >= 0.6 is 0 Å². The zero-order chi connectivity index (χ0) is 15.2. The van der Waals surface area contributed by atoms with Gasteiger partial charge in [-0.25, -0.2) is 9.18 Å². The molecule has 116 valence electrons. The van der Waals surface area contributed by atoms with Crippen LogP contribution in [0.25, 0.3) is 0 Å². The Morgan fingerprint density at radius 2 is 2.14 bits per heavy atom. The minimum Gasteiger partial charge on any atom is -0.449 e. The van der Waals surface area contributed by atoms with Gasteiger partial charge in [-0.3, -0.25) is 0 Å². The number of nitrogens with two attached hydrogens (primary N) is 1. The maximum absolute atomic E-state index is 13.9. The first-order valence-corrected chi connectivity index (χ1v) is 7.58. The number of piperidine rings is 1. The molecule has 0 aliphatic carbocycles. The molecule has 5 heteroatoms. The monoisotopic (exact) mass is 294 g/mol. The first-order valence-electron chi connectivity index (χ1n) is 7.58. The summed E-state index contributed by atoms with van der Waals surface area (Å²) in [6.45, 7) is 3.75. The number of hydrogen-bond donors (Lipinski definition) is 1. The van der Waals surface area contributed by atoms with Crippen LogP contribution in [0, 0.1) is 5.82 Å². The highest BCUT2D eigenvalue weighted by Gasteiger charge is 2.26. The minimum atomic E-state index is -0.251. The number of carbonyl (C=O) groups excluding carboxylic acids is 1. The van der Waals surface area contributed by atoms with Crippen molar-refractivity contribution in [1.29, 1.82) is 0 Å². The van der Waals surface area contributed by atoms with Crippen LogP contribution in [-0.2, 0) is 4.74 Å². The number of hydrogen-bond acceptors (Lipinski definition) is 3. The van der Waals surface area contributed by atoms with Crippen LogP contribution < -0.4 is 5.73 Å². The molecule has 1 aliphatic rings. The predicted octanol–water partition coefficient (Wildman–Crippen LogP) is 3.52. The molecule has 2 rings (SSSR count). The maximum atomic E-state index is 13.9. The number of likely N-dealkylation sites (tertiary alicyclic amines) is 1. The molecule has 1 fully saturated rings. The SMILES string of the molecule is CCCCOC(=O)N1CCC(c2ccc(N)cc2F)CC1. The molecular formula is C16H23FN2O2. The minimum absolute atomic E-state index is 0.144. The van der Waals surface area contributed by atoms with Crippen molar-refractivity contribution in [1.82, 2.24) is 4.90 Å². The van der Waals surface area contributed by atoms with Gasteiger partial charge >= 0.3 is 6.09 Å². The van der Waals surface area contributed by atoms with E-state index < -0.39 is 0 Å². The predicted molar refractivity (Wildman–Crippen MR) is 80.6 cm³/mol. The Bertz CT molecular complexity index is 485. The second-order valence-electron chi connectivity index (χ2n) is 5.51. The summed E-state index contributed by atoms with van der Waals surface area (Å²) in [4.78, 5) is 13.6. The fraction of sp³-hybridized carbons (Fsp3) is 0.562. The van der Waals surface area contributed by atoms with E-state index in [-0.39, 0.29) is 17.8 Å². The molecule has 2 N–H and O–H groups in total. The van der Waals surface area contributed by atoms with Crippen LogP contribution in [0.15, 0.2) is 18.2 Å². The van der Waals surface area contributed by atoms with Gasteiger partial charge in [0.05, 0.1) is 6.61 Å². The van der Waals surface area contributed by atoms with Gasteiger partial charge in [-0.15, -0.1) is 0 Å². The van der Waals surface area contributed by atoms with Gasteiger partial charge in [0, 0.05) is 18.8 Å². The summed E-state index contributed by atoms with van der Waals surface area (Å²) in [6, 6.07) is 4.84. The molecule has 0 radical (unpaired) electrons. The standard InChI is InChI=1S/C16H23FN2O2/c1-2-3-10-21-16(20)19-8-6-12(7-9-19)14-5-4-13(18)11-15(14)17/h4-5,11-12H,2-3,6-10,18H2,1H3. The molecule has 1 amide bonds. The second kappa shape index (κ2) is 7.29. The van der Waals surface area contributed by atoms with Crippen molar-refractivity contribution >= 4 is 11.8 Å². The largest absolute Gasteiger partial charge is 0.449 e. The smallest absolute Gasteiger partial charge is 0.409 e. The number of halogens is 1. The Kier molecular flexibility index (Phi) is 5.42. The topological polar surface area (TPSA) is 55.6 Å². The number of nitrogen functional groups attached to an aromatic ring is 1. The van der Waals surface area contributed by atoms with Crippen LogP contribution in [0.5, 0.6) is 0 Å². The third-order valence-electron chi connectivity index (χ3n) is 3.94. The van der Waals surface area contributed by atoms with Crippen molar-refractivity contribution in [3.63, 3.8) is 0 Å². The molecule has 4 nitrogen and oxygen atoms in total. The van der Waals surface area contributed by atoms with Gasteiger partial charge in [0.15, 0.2) is 0 Å². The summed E-state index contributed by atoms with van der Waals surface area (Å²) in [7, 11) is 0. The molecule has 0 aromatic heterocycles. The molecule has 0 saturated carbocycles. The highest BCUT2D eigenvalue weighted by molar-refractivity contribution is 5.67. The van der Waals surface area contributed by atoms with Gasteiger partial charge in [-0.1, -0.05) is 19.4 Å². The van der Waals surface area contributed by atoms with Crippen molar-refractivity contribution in [2.45, 2.75) is 38.5 Å². The summed E-state index contributed by atoms with van der Waals surface area (Å²) < 4.78 is 19.1. The lowest BCUT2D eigenvalue weighted by molar-refractivity contribution is 0.0914. The van der Waals surface area contributed by atoms with Crippen molar-refractivity contribution in [2.75, 3.05) is 25.4 Å². The summed E-state index contributed by atoms with van der Waals surface area (Å²) >= 11 is 0. The second-order valence-corrected chi connectivity index (χ2v) is 5.51. The third-order valence-corrected chi connectivity index (χ3v) is 3.94. The Morgan fingerprint density at radius 3 is 2.76 bits per heavy atom. The normalized spacial score (nSPS) is 16.0. The van der Waals surface area contributed by atoms with Crippen molar-refractivity contribution < 1.29 is 13.9 Å². The van der Waals surface area contributed by atoms with Crippen molar-refractivity contribution in [3.05, 3.63) is 29.6 Å². The van der Waals surface area contributed by atoms with E-state index in [4.69, 9.17) is 10.5 Å². The van der Waals surface area contributed by atoms with Crippen molar-refractivity contribution in [3.8, 4) is 0 Å². The van der Waals surface area contributed by atoms with Gasteiger partial charge in [0.2, 0.25) is 0 Å². The lowest BCUT2D eigenvalue weighted by atomic mass is 9.89. The third kappa shape index (κ3) is 4.09. The van der Waals surface area contributed by atoms with Gasteiger partial charge in [-0.2, -0.15) is 0 Å². The average molecular weight is 294 g/mol. The van der Waals surface area contributed by atoms with Crippen LogP contribution in [0.1, 0.15) is 44.1 Å². The molecule has 1 aromatic rings. The highest BCUT2D eigenvalue weighted by Crippen LogP contribution is 2.30. The molecule has 1 aromatic carbocycles. The van der Waals surface area contributed by atoms with E-state index in [0.717, 1.165) is 25.7 Å². The Labute approximate surface area is 125 Å². The molecule has 0 spiro atoms. The fourth-order valence-electron chi connectivity index (χ4n) is 2.64. The van der Waals surface area contributed by atoms with E-state index in [2.05, 4.69) is 6.92 Å². The number of ether oxygens (including phenoxy) is 1. The Morgan fingerprint density at radius 1 is 1.43 bits per heavy atom. The number of carbonyl (C=O) groups is 1. The average Bonchev–Trinajstić information content (AvgIpc) is 2.48. The number of nitrogens with zero attached hydrogens (tertiary/aromatic N) is 1. The van der Waals surface area contributed by atoms with Gasteiger partial charge in [0.25, 0.3) is 0 Å². The van der Waals surface area contributed by atoms with Crippen LogP contribution in [-0.4, -0.2) is 30.7 Å². The van der Waals surface area contributed by atoms with E-state index in [1.54, 1.807) is 17.0 Å². The first-order chi connectivity index (χ1) is 10.1. The number of amides is 1.